The zero-order valence-corrected chi connectivity index (χ0v) is 12.3. The molecule has 1 aromatic carbocycles. The average Bonchev–Trinajstić information content (AvgIpc) is 2.27. The number of carbonyl (C=O) groups is 1. The Morgan fingerprint density at radius 2 is 2.11 bits per heavy atom. The Hall–Kier alpha value is -0.920. The molecule has 0 aliphatic heterocycles. The molecule has 0 bridgehead atoms. The molecule has 0 fully saturated rings. The van der Waals surface area contributed by atoms with Crippen molar-refractivity contribution in [2.24, 2.45) is 5.73 Å². The number of rotatable bonds is 6. The summed E-state index contributed by atoms with van der Waals surface area (Å²) in [5.74, 6) is -0.538. The first-order valence-corrected chi connectivity index (χ1v) is 7.71. The summed E-state index contributed by atoms with van der Waals surface area (Å²) >= 11 is 3.30. The average molecular weight is 335 g/mol. The van der Waals surface area contributed by atoms with Crippen LogP contribution in [0.25, 0.3) is 0 Å². The number of nitrogens with one attached hydrogen (secondary N) is 1. The highest BCUT2D eigenvalue weighted by molar-refractivity contribution is 9.10. The number of hydrogen-bond donors (Lipinski definition) is 2. The van der Waals surface area contributed by atoms with Crippen molar-refractivity contribution in [1.82, 2.24) is 4.72 Å². The van der Waals surface area contributed by atoms with Crippen molar-refractivity contribution in [3.05, 3.63) is 28.2 Å². The van der Waals surface area contributed by atoms with Crippen LogP contribution in [0, 0.1) is 0 Å². The SMILES string of the molecule is CCc1cc(Br)ccc1S(=O)(=O)NCCC(N)=O. The van der Waals surface area contributed by atoms with Crippen LogP contribution in [0.4, 0.5) is 0 Å². The van der Waals surface area contributed by atoms with Gasteiger partial charge in [-0.25, -0.2) is 13.1 Å². The second kappa shape index (κ2) is 6.31. The van der Waals surface area contributed by atoms with Crippen LogP contribution >= 0.6 is 15.9 Å². The molecule has 0 unspecified atom stereocenters. The quantitative estimate of drug-likeness (QED) is 0.818. The van der Waals surface area contributed by atoms with E-state index in [0.29, 0.717) is 6.42 Å². The van der Waals surface area contributed by atoms with E-state index in [4.69, 9.17) is 5.73 Å². The highest BCUT2D eigenvalue weighted by atomic mass is 79.9. The summed E-state index contributed by atoms with van der Waals surface area (Å²) in [6, 6.07) is 4.97. The van der Waals surface area contributed by atoms with Crippen LogP contribution in [-0.2, 0) is 21.2 Å². The maximum absolute atomic E-state index is 12.0. The summed E-state index contributed by atoms with van der Waals surface area (Å²) in [5, 5.41) is 0. The molecule has 0 aromatic heterocycles. The number of benzene rings is 1. The van der Waals surface area contributed by atoms with Gasteiger partial charge in [0.1, 0.15) is 0 Å². The third-order valence-corrected chi connectivity index (χ3v) is 4.41. The summed E-state index contributed by atoms with van der Waals surface area (Å²) < 4.78 is 27.2. The largest absolute Gasteiger partial charge is 0.370 e. The van der Waals surface area contributed by atoms with Gasteiger partial charge in [-0.15, -0.1) is 0 Å². The lowest BCUT2D eigenvalue weighted by Gasteiger charge is -2.10. The van der Waals surface area contributed by atoms with Crippen LogP contribution in [0.3, 0.4) is 0 Å². The number of carbonyl (C=O) groups excluding carboxylic acids is 1. The van der Waals surface area contributed by atoms with Gasteiger partial charge in [0.15, 0.2) is 0 Å². The molecule has 18 heavy (non-hydrogen) atoms. The van der Waals surface area contributed by atoms with Crippen LogP contribution in [0.1, 0.15) is 18.9 Å². The van der Waals surface area contributed by atoms with Crippen molar-refractivity contribution >= 4 is 31.9 Å². The number of amides is 1. The van der Waals surface area contributed by atoms with E-state index in [1.165, 1.54) is 6.07 Å². The van der Waals surface area contributed by atoms with Crippen LogP contribution < -0.4 is 10.5 Å². The third kappa shape index (κ3) is 4.08. The summed E-state index contributed by atoms with van der Waals surface area (Å²) in [7, 11) is -3.59. The van der Waals surface area contributed by atoms with E-state index >= 15 is 0 Å². The van der Waals surface area contributed by atoms with Crippen LogP contribution in [0.5, 0.6) is 0 Å². The van der Waals surface area contributed by atoms with Gasteiger partial charge < -0.3 is 5.73 Å². The molecule has 0 heterocycles. The van der Waals surface area contributed by atoms with E-state index in [1.54, 1.807) is 12.1 Å². The maximum atomic E-state index is 12.0. The van der Waals surface area contributed by atoms with Crippen molar-refractivity contribution in [2.45, 2.75) is 24.7 Å². The molecule has 0 atom stereocenters. The van der Waals surface area contributed by atoms with E-state index < -0.39 is 15.9 Å². The molecular weight excluding hydrogens is 320 g/mol. The van der Waals surface area contributed by atoms with Gasteiger partial charge in [0.2, 0.25) is 15.9 Å². The fraction of sp³-hybridized carbons (Fsp3) is 0.364. The monoisotopic (exact) mass is 334 g/mol. The second-order valence-electron chi connectivity index (χ2n) is 3.72. The fourth-order valence-electron chi connectivity index (χ4n) is 1.47. The number of hydrogen-bond acceptors (Lipinski definition) is 3. The van der Waals surface area contributed by atoms with E-state index in [2.05, 4.69) is 20.7 Å². The van der Waals surface area contributed by atoms with Gasteiger partial charge in [-0.05, 0) is 30.2 Å². The zero-order chi connectivity index (χ0) is 13.8. The molecule has 1 amide bonds. The lowest BCUT2D eigenvalue weighted by atomic mass is 10.2. The Morgan fingerprint density at radius 3 is 2.67 bits per heavy atom. The van der Waals surface area contributed by atoms with Crippen LogP contribution in [0.2, 0.25) is 0 Å². The van der Waals surface area contributed by atoms with Crippen LogP contribution in [0.15, 0.2) is 27.6 Å². The first-order chi connectivity index (χ1) is 8.36. The molecule has 0 radical (unpaired) electrons. The highest BCUT2D eigenvalue weighted by Crippen LogP contribution is 2.21. The third-order valence-electron chi connectivity index (χ3n) is 2.36. The Bertz CT molecular complexity index is 543. The number of primary amides is 1. The lowest BCUT2D eigenvalue weighted by molar-refractivity contribution is -0.117. The van der Waals surface area contributed by atoms with Gasteiger partial charge >= 0.3 is 0 Å². The van der Waals surface area contributed by atoms with E-state index in [-0.39, 0.29) is 17.9 Å². The minimum absolute atomic E-state index is 0.0108. The molecule has 3 N–H and O–H groups in total. The maximum Gasteiger partial charge on any atom is 0.240 e. The van der Waals surface area contributed by atoms with Crippen molar-refractivity contribution in [2.75, 3.05) is 6.54 Å². The first-order valence-electron chi connectivity index (χ1n) is 5.43. The predicted molar refractivity (Wildman–Crippen MR) is 72.5 cm³/mol. The van der Waals surface area contributed by atoms with Gasteiger partial charge in [-0.3, -0.25) is 4.79 Å². The predicted octanol–water partition coefficient (Wildman–Crippen LogP) is 1.17. The molecule has 5 nitrogen and oxygen atoms in total. The van der Waals surface area contributed by atoms with Gasteiger partial charge in [-0.1, -0.05) is 22.9 Å². The summed E-state index contributed by atoms with van der Waals surface area (Å²) in [4.78, 5) is 10.8. The summed E-state index contributed by atoms with van der Waals surface area (Å²) in [5.41, 5.74) is 5.67. The summed E-state index contributed by atoms with van der Waals surface area (Å²) in [6.07, 6.45) is 0.586. The standard InChI is InChI=1S/C11H15BrN2O3S/c1-2-8-7-9(12)3-4-10(8)18(16,17)14-6-5-11(13)15/h3-4,7,14H,2,5-6H2,1H3,(H2,13,15). The molecule has 1 aromatic rings. The molecule has 0 saturated carbocycles. The van der Waals surface area contributed by atoms with Crippen molar-refractivity contribution in [3.63, 3.8) is 0 Å². The minimum atomic E-state index is -3.59. The lowest BCUT2D eigenvalue weighted by Crippen LogP contribution is -2.28. The van der Waals surface area contributed by atoms with E-state index in [1.807, 2.05) is 6.92 Å². The van der Waals surface area contributed by atoms with Crippen LogP contribution in [-0.4, -0.2) is 20.9 Å². The Kier molecular flexibility index (Phi) is 5.30. The Balaban J connectivity index is 2.94. The van der Waals surface area contributed by atoms with Gasteiger partial charge in [0, 0.05) is 17.4 Å². The summed E-state index contributed by atoms with van der Waals surface area (Å²) in [6.45, 7) is 1.89. The highest BCUT2D eigenvalue weighted by Gasteiger charge is 2.17. The fourth-order valence-corrected chi connectivity index (χ4v) is 3.20. The molecule has 0 aliphatic carbocycles. The molecular formula is C11H15BrN2O3S. The molecule has 0 saturated heterocycles. The molecule has 7 heteroatoms. The molecule has 0 aliphatic rings. The molecule has 0 spiro atoms. The van der Waals surface area contributed by atoms with Crippen molar-refractivity contribution in [3.8, 4) is 0 Å². The number of nitrogens with two attached hydrogens (primary N) is 1. The van der Waals surface area contributed by atoms with E-state index in [0.717, 1.165) is 10.0 Å². The second-order valence-corrected chi connectivity index (χ2v) is 6.37. The molecule has 100 valence electrons. The minimum Gasteiger partial charge on any atom is -0.370 e. The van der Waals surface area contributed by atoms with Crippen molar-refractivity contribution < 1.29 is 13.2 Å². The molecule has 1 rings (SSSR count). The zero-order valence-electron chi connectivity index (χ0n) is 9.94. The Morgan fingerprint density at radius 1 is 1.44 bits per heavy atom. The normalized spacial score (nSPS) is 11.4. The number of halogens is 1. The van der Waals surface area contributed by atoms with Gasteiger partial charge in [0.25, 0.3) is 0 Å². The van der Waals surface area contributed by atoms with E-state index in [9.17, 15) is 13.2 Å². The smallest absolute Gasteiger partial charge is 0.240 e. The number of aryl methyl sites for hydroxylation is 1. The van der Waals surface area contributed by atoms with Gasteiger partial charge in [-0.2, -0.15) is 0 Å². The number of sulfonamides is 1. The van der Waals surface area contributed by atoms with Gasteiger partial charge in [0.05, 0.1) is 4.90 Å². The Labute approximate surface area is 115 Å². The first kappa shape index (κ1) is 15.1. The van der Waals surface area contributed by atoms with Crippen molar-refractivity contribution in [1.29, 1.82) is 0 Å². The topological polar surface area (TPSA) is 89.3 Å².